The van der Waals surface area contributed by atoms with Crippen LogP contribution in [0.25, 0.3) is 133 Å². The van der Waals surface area contributed by atoms with Crippen LogP contribution in [-0.4, -0.2) is 206 Å². The molecule has 0 amide bonds. The lowest BCUT2D eigenvalue weighted by molar-refractivity contribution is -0.0157. The lowest BCUT2D eigenvalue weighted by Crippen LogP contribution is -2.53. The number of aromatic amines is 4. The quantitative estimate of drug-likeness (QED) is 0.0605. The molecule has 2 aliphatic heterocycles. The fourth-order valence-electron chi connectivity index (χ4n) is 15.3. The van der Waals surface area contributed by atoms with E-state index >= 15 is 0 Å². The Kier molecular flexibility index (Phi) is 17.6. The number of likely N-dealkylation sites (N-methyl/N-ethyl adjacent to an activating group) is 1. The number of nitrogens with one attached hydrogen (secondary N) is 4. The number of nitrogens with zero attached hydrogens (tertiary/aromatic N) is 19. The third kappa shape index (κ3) is 12.6. The number of morpholine rings is 1. The zero-order valence-electron chi connectivity index (χ0n) is 60.1. The number of piperazine rings is 1. The minimum atomic E-state index is -0.684. The summed E-state index contributed by atoms with van der Waals surface area (Å²) in [5.41, 5.74) is 35.9. The number of nitrogen functional groups attached to an aromatic ring is 4. The maximum atomic E-state index is 14.1. The second kappa shape index (κ2) is 27.6. The molecule has 109 heavy (non-hydrogen) atoms. The summed E-state index contributed by atoms with van der Waals surface area (Å²) in [6, 6.07) is 25.3. The summed E-state index contributed by atoms with van der Waals surface area (Å²) in [5.74, 6) is -0.186. The van der Waals surface area contributed by atoms with E-state index < -0.39 is 23.1 Å². The molecule has 2 aliphatic carbocycles. The summed E-state index contributed by atoms with van der Waals surface area (Å²) >= 11 is 0. The Hall–Kier alpha value is -12.7. The van der Waals surface area contributed by atoms with Crippen LogP contribution in [0, 0.1) is 11.6 Å². The highest BCUT2D eigenvalue weighted by Crippen LogP contribution is 2.44. The molecule has 20 rings (SSSR count). The lowest BCUT2D eigenvalue weighted by atomic mass is 9.85. The van der Waals surface area contributed by atoms with Gasteiger partial charge in [-0.05, 0) is 139 Å². The molecule has 2 saturated heterocycles. The monoisotopic (exact) mass is 1480 g/mol. The molecular formula is C75H79F2N27O5. The number of phenolic OH excluding ortho intramolecular Hbond substituents is 4. The van der Waals surface area contributed by atoms with Gasteiger partial charge in [0.05, 0.1) is 69.6 Å². The number of benzene rings is 4. The number of phenols is 4. The molecule has 16 N–H and O–H groups in total. The molecule has 0 atom stereocenters. The van der Waals surface area contributed by atoms with Crippen LogP contribution in [0.1, 0.15) is 77.5 Å². The van der Waals surface area contributed by atoms with Gasteiger partial charge in [-0.1, -0.05) is 0 Å². The van der Waals surface area contributed by atoms with Crippen molar-refractivity contribution in [2.24, 2.45) is 0 Å². The summed E-state index contributed by atoms with van der Waals surface area (Å²) in [6.45, 7) is 16.1. The van der Waals surface area contributed by atoms with Gasteiger partial charge in [0.1, 0.15) is 82.9 Å². The third-order valence-electron chi connectivity index (χ3n) is 21.2. The average Bonchev–Trinajstić information content (AvgIpc) is 1.60. The fraction of sp³-hybridized carbons (Fsp3) is 0.307. The number of rotatable bonds is 10. The van der Waals surface area contributed by atoms with Crippen molar-refractivity contribution in [1.29, 1.82) is 0 Å². The first-order chi connectivity index (χ1) is 52.7. The molecule has 12 aromatic heterocycles. The average molecular weight is 1480 g/mol. The number of ether oxygens (including phenoxy) is 1. The van der Waals surface area contributed by atoms with Gasteiger partial charge in [-0.2, -0.15) is 20.4 Å². The largest absolute Gasteiger partial charge is 0.508 e. The van der Waals surface area contributed by atoms with E-state index in [0.29, 0.717) is 103 Å². The summed E-state index contributed by atoms with van der Waals surface area (Å²) < 4.78 is 40.7. The summed E-state index contributed by atoms with van der Waals surface area (Å²) in [5, 5.41) is 63.4. The van der Waals surface area contributed by atoms with Crippen molar-refractivity contribution in [2.75, 3.05) is 82.5 Å². The minimum Gasteiger partial charge on any atom is -0.508 e. The number of nitrogens with two attached hydrogens (primary N) is 4. The Bertz CT molecular complexity index is 6100. The van der Waals surface area contributed by atoms with Crippen LogP contribution >= 0.6 is 0 Å². The molecule has 16 aromatic rings. The van der Waals surface area contributed by atoms with Gasteiger partial charge < -0.3 is 72.9 Å². The smallest absolute Gasteiger partial charge is 0.174 e. The van der Waals surface area contributed by atoms with Gasteiger partial charge >= 0.3 is 0 Å². The number of anilines is 4. The summed E-state index contributed by atoms with van der Waals surface area (Å²) in [6.07, 6.45) is 10.0. The highest BCUT2D eigenvalue weighted by Gasteiger charge is 2.40. The topological polar surface area (TPSA) is 442 Å². The van der Waals surface area contributed by atoms with E-state index in [1.807, 2.05) is 61.3 Å². The van der Waals surface area contributed by atoms with Crippen LogP contribution in [0.4, 0.5) is 32.1 Å². The van der Waals surface area contributed by atoms with Crippen molar-refractivity contribution in [1.82, 2.24) is 114 Å². The maximum Gasteiger partial charge on any atom is 0.174 e. The van der Waals surface area contributed by atoms with Crippen molar-refractivity contribution in [3.8, 4) is 68.5 Å². The Morgan fingerprint density at radius 2 is 0.817 bits per heavy atom. The van der Waals surface area contributed by atoms with Crippen LogP contribution in [0.2, 0.25) is 0 Å². The molecule has 4 fully saturated rings. The van der Waals surface area contributed by atoms with Crippen LogP contribution in [0.15, 0.2) is 110 Å². The van der Waals surface area contributed by atoms with E-state index in [1.54, 1.807) is 51.8 Å². The predicted octanol–water partition coefficient (Wildman–Crippen LogP) is 10.5. The Morgan fingerprint density at radius 3 is 1.28 bits per heavy atom. The van der Waals surface area contributed by atoms with Crippen molar-refractivity contribution < 1.29 is 33.9 Å². The van der Waals surface area contributed by atoms with Gasteiger partial charge in [0, 0.05) is 113 Å². The molecule has 0 unspecified atom stereocenters. The molecule has 34 heteroatoms. The normalized spacial score (nSPS) is 17.9. The lowest BCUT2D eigenvalue weighted by Gasteiger charge is -2.45. The minimum absolute atomic E-state index is 0.0701. The second-order valence-electron chi connectivity index (χ2n) is 28.8. The molecule has 558 valence electrons. The fourth-order valence-corrected chi connectivity index (χ4v) is 15.3. The highest BCUT2D eigenvalue weighted by molar-refractivity contribution is 6.04. The Balaban J connectivity index is 0.000000107. The van der Waals surface area contributed by atoms with E-state index in [9.17, 15) is 29.2 Å². The molecule has 14 heterocycles. The Morgan fingerprint density at radius 1 is 0.422 bits per heavy atom. The summed E-state index contributed by atoms with van der Waals surface area (Å²) in [4.78, 5) is 54.7. The number of aromatic nitrogens is 20. The molecular weight excluding hydrogens is 1400 g/mol. The zero-order valence-corrected chi connectivity index (χ0v) is 60.1. The number of aromatic hydroxyl groups is 4. The standard InChI is InChI=1S/C22H26N8O.C21H23N7O2.2C16H15FN6O/c1-28-4-6-29(7-5-28)14-10-15(11-14)30-22-19(21(23)24-12-25-22)20(27-30)18-9-13-8-16(31)2-3-17(13)26-18;22-20-18-19(17-8-12-7-15(29)1-2-16(12)25-17)26-28(21(18)24-11-23-20)14-9-13(10-14)27-3-5-30-6-4-27;1-7(2)23-16-13(15(18)19-6-20-16)14(22-23)11-3-8-4-12(24)9(17)5-10(8)21-11;1-7(2)23-16-12(15(18)19-6-20-16)14(22-23)10-5-8-9(21-10)3-4-11(24)13(8)17/h2-3,8-9,12,14-15,26,31H,4-7,10-11H2,1H3,(H2,23,24,25);1-2,7-8,11,13-14,25,29H,3-6,9-10H2,(H2,22,23,24);2*3-7,21,24H,1-2H3,(H2,18,19,20). The van der Waals surface area contributed by atoms with Crippen LogP contribution in [-0.2, 0) is 4.74 Å². The molecule has 32 nitrogen and oxygen atoms in total. The van der Waals surface area contributed by atoms with Crippen LogP contribution in [0.5, 0.6) is 23.0 Å². The van der Waals surface area contributed by atoms with Gasteiger partial charge in [-0.25, -0.2) is 67.4 Å². The van der Waals surface area contributed by atoms with E-state index in [-0.39, 0.29) is 35.0 Å². The number of hydrogen-bond acceptors (Lipinski definition) is 24. The van der Waals surface area contributed by atoms with E-state index in [4.69, 9.17) is 37.9 Å². The van der Waals surface area contributed by atoms with E-state index in [1.165, 1.54) is 43.5 Å². The first-order valence-corrected chi connectivity index (χ1v) is 36.0. The van der Waals surface area contributed by atoms with Crippen molar-refractivity contribution in [3.63, 3.8) is 0 Å². The maximum absolute atomic E-state index is 14.1. The SMILES string of the molecule is CC(C)n1nc(-c2cc3c(F)c(O)ccc3[nH]2)c2c(N)ncnc21.CC(C)n1nc(-c2cc3cc(O)c(F)cc3[nH]2)c2c(N)ncnc21.CN1CCN(C2CC(n3nc(-c4cc5cc(O)ccc5[nH]4)c4c(N)ncnc43)C2)CC1.Nc1ncnc2c1c(-c1cc3cc(O)ccc3[nH]1)nn2C1CC(N2CCOCC2)C1. The number of H-pyrrole nitrogens is 4. The second-order valence-corrected chi connectivity index (χ2v) is 28.8. The highest BCUT2D eigenvalue weighted by atomic mass is 19.1. The molecule has 0 spiro atoms. The first kappa shape index (κ1) is 69.4. The number of hydrogen-bond donors (Lipinski definition) is 12. The van der Waals surface area contributed by atoms with Crippen molar-refractivity contribution >= 4 is 111 Å². The van der Waals surface area contributed by atoms with Gasteiger partial charge in [0.15, 0.2) is 45.7 Å². The molecule has 0 bridgehead atoms. The summed E-state index contributed by atoms with van der Waals surface area (Å²) in [7, 11) is 2.19. The zero-order chi connectivity index (χ0) is 75.4. The predicted molar refractivity (Wildman–Crippen MR) is 411 cm³/mol. The van der Waals surface area contributed by atoms with E-state index in [0.717, 1.165) is 145 Å². The van der Waals surface area contributed by atoms with Gasteiger partial charge in [0.25, 0.3) is 0 Å². The molecule has 2 saturated carbocycles. The van der Waals surface area contributed by atoms with Gasteiger partial charge in [0.2, 0.25) is 0 Å². The van der Waals surface area contributed by atoms with Crippen LogP contribution < -0.4 is 22.9 Å². The van der Waals surface area contributed by atoms with Crippen LogP contribution in [0.3, 0.4) is 0 Å². The van der Waals surface area contributed by atoms with Gasteiger partial charge in [-0.3, -0.25) is 9.80 Å². The van der Waals surface area contributed by atoms with Crippen molar-refractivity contribution in [2.45, 2.75) is 89.6 Å². The van der Waals surface area contributed by atoms with Gasteiger partial charge in [-0.15, -0.1) is 0 Å². The van der Waals surface area contributed by atoms with E-state index in [2.05, 4.69) is 91.8 Å². The third-order valence-corrected chi connectivity index (χ3v) is 21.2. The molecule has 0 radical (unpaired) electrons. The first-order valence-electron chi connectivity index (χ1n) is 36.0. The molecule has 4 aromatic carbocycles. The molecule has 4 aliphatic rings. The number of fused-ring (bicyclic) bond motifs is 8. The Labute approximate surface area is 618 Å². The number of halogens is 2. The van der Waals surface area contributed by atoms with Crippen molar-refractivity contribution in [3.05, 3.63) is 122 Å².